The van der Waals surface area contributed by atoms with Gasteiger partial charge in [0.2, 0.25) is 11.9 Å². The predicted molar refractivity (Wildman–Crippen MR) is 92.4 cm³/mol. The second-order valence-electron chi connectivity index (χ2n) is 5.23. The summed E-state index contributed by atoms with van der Waals surface area (Å²) in [5.74, 6) is 0.710. The van der Waals surface area contributed by atoms with E-state index in [1.807, 2.05) is 13.8 Å². The van der Waals surface area contributed by atoms with Gasteiger partial charge in [0.15, 0.2) is 0 Å². The van der Waals surface area contributed by atoms with Crippen LogP contribution in [0.5, 0.6) is 0 Å². The van der Waals surface area contributed by atoms with Crippen LogP contribution < -0.4 is 10.9 Å². The first kappa shape index (κ1) is 17.4. The van der Waals surface area contributed by atoms with Gasteiger partial charge < -0.3 is 5.32 Å². The molecule has 0 atom stereocenters. The molecule has 0 aliphatic heterocycles. The van der Waals surface area contributed by atoms with Crippen LogP contribution in [0.2, 0.25) is 0 Å². The Labute approximate surface area is 142 Å². The molecule has 2 aromatic heterocycles. The van der Waals surface area contributed by atoms with Crippen molar-refractivity contribution in [2.45, 2.75) is 39.5 Å². The quantitative estimate of drug-likeness (QED) is 0.719. The number of carbonyl (C=O) groups is 1. The lowest BCUT2D eigenvalue weighted by molar-refractivity contribution is -0.116. The Morgan fingerprint density at radius 3 is 2.91 bits per heavy atom. The smallest absolute Gasteiger partial charge is 0.252 e. The van der Waals surface area contributed by atoms with E-state index in [0.29, 0.717) is 30.3 Å². The predicted octanol–water partition coefficient (Wildman–Crippen LogP) is 2.33. The lowest BCUT2D eigenvalue weighted by Gasteiger charge is -2.08. The van der Waals surface area contributed by atoms with Crippen LogP contribution in [0.1, 0.15) is 37.6 Å². The maximum Gasteiger partial charge on any atom is 0.252 e. The summed E-state index contributed by atoms with van der Waals surface area (Å²) in [4.78, 5) is 30.8. The van der Waals surface area contributed by atoms with Gasteiger partial charge in [-0.2, -0.15) is 9.78 Å². The zero-order valence-corrected chi connectivity index (χ0v) is 14.8. The summed E-state index contributed by atoms with van der Waals surface area (Å²) in [6, 6.07) is 3.23. The molecule has 7 nitrogen and oxygen atoms in total. The van der Waals surface area contributed by atoms with Crippen molar-refractivity contribution < 1.29 is 4.79 Å². The van der Waals surface area contributed by atoms with Gasteiger partial charge in [-0.1, -0.05) is 29.3 Å². The van der Waals surface area contributed by atoms with Gasteiger partial charge in [0.25, 0.3) is 5.56 Å². The van der Waals surface area contributed by atoms with E-state index in [4.69, 9.17) is 0 Å². The summed E-state index contributed by atoms with van der Waals surface area (Å²) in [6.45, 7) is 3.84. The van der Waals surface area contributed by atoms with Gasteiger partial charge in [-0.25, -0.2) is 4.98 Å². The van der Waals surface area contributed by atoms with E-state index in [0.717, 1.165) is 23.9 Å². The molecule has 0 saturated heterocycles. The van der Waals surface area contributed by atoms with Crippen molar-refractivity contribution in [3.05, 3.63) is 33.9 Å². The summed E-state index contributed by atoms with van der Waals surface area (Å²) in [7, 11) is 0. The van der Waals surface area contributed by atoms with E-state index >= 15 is 0 Å². The Morgan fingerprint density at radius 2 is 2.22 bits per heavy atom. The summed E-state index contributed by atoms with van der Waals surface area (Å²) in [6.07, 6.45) is 2.77. The Balaban J connectivity index is 2.33. The van der Waals surface area contributed by atoms with E-state index in [9.17, 15) is 9.59 Å². The number of rotatable bonds is 7. The fraction of sp³-hybridized carbons (Fsp3) is 0.467. The van der Waals surface area contributed by atoms with Crippen LogP contribution in [0.4, 0.5) is 5.82 Å². The average Bonchev–Trinajstić information content (AvgIpc) is 2.85. The molecular weight excluding hydrogens is 362 g/mol. The number of H-pyrrole nitrogens is 1. The molecule has 2 rings (SSSR count). The number of aromatic nitrogens is 4. The summed E-state index contributed by atoms with van der Waals surface area (Å²) >= 11 is 3.30. The molecule has 0 aliphatic rings. The molecule has 0 bridgehead atoms. The fourth-order valence-electron chi connectivity index (χ4n) is 2.16. The van der Waals surface area contributed by atoms with Crippen LogP contribution >= 0.6 is 15.9 Å². The van der Waals surface area contributed by atoms with E-state index in [2.05, 4.69) is 36.3 Å². The molecule has 2 heterocycles. The van der Waals surface area contributed by atoms with E-state index in [1.54, 1.807) is 6.07 Å². The van der Waals surface area contributed by atoms with Crippen LogP contribution in [0.15, 0.2) is 16.9 Å². The van der Waals surface area contributed by atoms with Crippen molar-refractivity contribution in [3.63, 3.8) is 0 Å². The minimum absolute atomic E-state index is 0.0994. The molecule has 0 radical (unpaired) electrons. The molecule has 0 fully saturated rings. The first-order chi connectivity index (χ1) is 11.0. The third-order valence-corrected chi connectivity index (χ3v) is 3.69. The normalized spacial score (nSPS) is 10.7. The van der Waals surface area contributed by atoms with Crippen LogP contribution in [0, 0.1) is 6.92 Å². The van der Waals surface area contributed by atoms with Gasteiger partial charge in [-0.3, -0.25) is 14.6 Å². The van der Waals surface area contributed by atoms with Gasteiger partial charge >= 0.3 is 0 Å². The Hall–Kier alpha value is -1.96. The molecule has 124 valence electrons. The van der Waals surface area contributed by atoms with Crippen LogP contribution in [0.3, 0.4) is 0 Å². The highest BCUT2D eigenvalue weighted by molar-refractivity contribution is 9.09. The van der Waals surface area contributed by atoms with E-state index in [-0.39, 0.29) is 11.5 Å². The second-order valence-corrected chi connectivity index (χ2v) is 6.03. The number of anilines is 1. The summed E-state index contributed by atoms with van der Waals surface area (Å²) in [5, 5.41) is 7.90. The minimum Gasteiger partial charge on any atom is -0.310 e. The second kappa shape index (κ2) is 8.05. The molecule has 0 aliphatic carbocycles. The number of hydrogen-bond acceptors (Lipinski definition) is 4. The number of amides is 1. The van der Waals surface area contributed by atoms with Gasteiger partial charge in [-0.05, 0) is 19.8 Å². The first-order valence-corrected chi connectivity index (χ1v) is 8.68. The zero-order valence-electron chi connectivity index (χ0n) is 13.2. The fourth-order valence-corrected chi connectivity index (χ4v) is 2.44. The number of hydrogen-bond donors (Lipinski definition) is 2. The van der Waals surface area contributed by atoms with Gasteiger partial charge in [0, 0.05) is 29.6 Å². The molecule has 2 aromatic rings. The monoisotopic (exact) mass is 381 g/mol. The minimum atomic E-state index is -0.233. The topological polar surface area (TPSA) is 92.7 Å². The van der Waals surface area contributed by atoms with Crippen LogP contribution in [-0.2, 0) is 11.2 Å². The number of aromatic amines is 1. The van der Waals surface area contributed by atoms with E-state index in [1.165, 1.54) is 10.7 Å². The molecular formula is C15H20BrN5O2. The Kier molecular flexibility index (Phi) is 6.09. The highest BCUT2D eigenvalue weighted by atomic mass is 79.9. The first-order valence-electron chi connectivity index (χ1n) is 7.56. The van der Waals surface area contributed by atoms with Crippen molar-refractivity contribution in [1.82, 2.24) is 19.7 Å². The number of aryl methyl sites for hydroxylation is 2. The largest absolute Gasteiger partial charge is 0.310 e. The van der Waals surface area contributed by atoms with Gasteiger partial charge in [0.05, 0.1) is 5.69 Å². The third-order valence-electron chi connectivity index (χ3n) is 3.13. The number of nitrogens with zero attached hydrogens (tertiary/aromatic N) is 3. The van der Waals surface area contributed by atoms with Crippen molar-refractivity contribution in [3.8, 4) is 5.95 Å². The molecule has 0 unspecified atom stereocenters. The van der Waals surface area contributed by atoms with Crippen LogP contribution in [-0.4, -0.2) is 31.0 Å². The standard InChI is InChI=1S/C15H20BrN5O2/c1-3-5-11-9-14(23)19-15(17-11)21-12(8-10(2)20-21)18-13(22)6-4-7-16/h8-9H,3-7H2,1-2H3,(H,18,22)(H,17,19,23). The van der Waals surface area contributed by atoms with Crippen molar-refractivity contribution in [2.75, 3.05) is 10.6 Å². The molecule has 8 heteroatoms. The molecule has 0 aromatic carbocycles. The molecule has 2 N–H and O–H groups in total. The lowest BCUT2D eigenvalue weighted by Crippen LogP contribution is -2.19. The van der Waals surface area contributed by atoms with E-state index < -0.39 is 0 Å². The lowest BCUT2D eigenvalue weighted by atomic mass is 10.2. The Bertz CT molecular complexity index is 738. The number of nitrogens with one attached hydrogen (secondary N) is 2. The zero-order chi connectivity index (χ0) is 16.8. The molecule has 1 amide bonds. The van der Waals surface area contributed by atoms with Crippen LogP contribution in [0.25, 0.3) is 5.95 Å². The summed E-state index contributed by atoms with van der Waals surface area (Å²) in [5.41, 5.74) is 1.20. The average molecular weight is 382 g/mol. The highest BCUT2D eigenvalue weighted by Crippen LogP contribution is 2.15. The number of alkyl halides is 1. The number of carbonyl (C=O) groups excluding carboxylic acids is 1. The van der Waals surface area contributed by atoms with Gasteiger partial charge in [-0.15, -0.1) is 0 Å². The molecule has 23 heavy (non-hydrogen) atoms. The SMILES string of the molecule is CCCc1cc(=O)[nH]c(-n2nc(C)cc2NC(=O)CCCBr)n1. The van der Waals surface area contributed by atoms with Crippen molar-refractivity contribution in [2.24, 2.45) is 0 Å². The van der Waals surface area contributed by atoms with Crippen molar-refractivity contribution in [1.29, 1.82) is 0 Å². The van der Waals surface area contributed by atoms with Crippen molar-refractivity contribution >= 4 is 27.7 Å². The maximum absolute atomic E-state index is 11.9. The third kappa shape index (κ3) is 4.75. The molecule has 0 spiro atoms. The molecule has 0 saturated carbocycles. The summed E-state index contributed by atoms with van der Waals surface area (Å²) < 4.78 is 1.46. The number of halogens is 1. The Morgan fingerprint density at radius 1 is 1.43 bits per heavy atom. The van der Waals surface area contributed by atoms with Gasteiger partial charge in [0.1, 0.15) is 5.82 Å². The maximum atomic E-state index is 11.9. The highest BCUT2D eigenvalue weighted by Gasteiger charge is 2.13.